The molecular formula is C17H26O4. The van der Waals surface area contributed by atoms with E-state index >= 15 is 0 Å². The lowest BCUT2D eigenvalue weighted by Gasteiger charge is -2.26. The Morgan fingerprint density at radius 2 is 1.38 bits per heavy atom. The zero-order valence-corrected chi connectivity index (χ0v) is 13.7. The Labute approximate surface area is 127 Å². The van der Waals surface area contributed by atoms with Crippen molar-refractivity contribution in [3.8, 4) is 0 Å². The van der Waals surface area contributed by atoms with Crippen LogP contribution in [0.25, 0.3) is 0 Å². The summed E-state index contributed by atoms with van der Waals surface area (Å²) < 4.78 is 10.5. The molecule has 0 bridgehead atoms. The molecule has 0 rings (SSSR count). The predicted octanol–water partition coefficient (Wildman–Crippen LogP) is 3.73. The lowest BCUT2D eigenvalue weighted by molar-refractivity contribution is -0.151. The third-order valence-corrected chi connectivity index (χ3v) is 2.73. The molecule has 0 saturated carbocycles. The maximum absolute atomic E-state index is 11.3. The average Bonchev–Trinajstić information content (AvgIpc) is 2.34. The van der Waals surface area contributed by atoms with Gasteiger partial charge in [0.25, 0.3) is 0 Å². The van der Waals surface area contributed by atoms with Crippen molar-refractivity contribution in [2.45, 2.75) is 58.7 Å². The summed E-state index contributed by atoms with van der Waals surface area (Å²) in [5, 5.41) is 0. The predicted molar refractivity (Wildman–Crippen MR) is 83.7 cm³/mol. The van der Waals surface area contributed by atoms with Crippen molar-refractivity contribution in [2.24, 2.45) is 0 Å². The van der Waals surface area contributed by atoms with Crippen molar-refractivity contribution in [3.05, 3.63) is 37.0 Å². The second-order valence-electron chi connectivity index (χ2n) is 6.20. The average molecular weight is 294 g/mol. The number of carbonyl (C=O) groups is 2. The minimum absolute atomic E-state index is 0.437. The van der Waals surface area contributed by atoms with Gasteiger partial charge in [0.05, 0.1) is 0 Å². The second-order valence-corrected chi connectivity index (χ2v) is 6.20. The molecule has 0 heterocycles. The van der Waals surface area contributed by atoms with Crippen molar-refractivity contribution in [2.75, 3.05) is 0 Å². The van der Waals surface area contributed by atoms with Crippen molar-refractivity contribution < 1.29 is 19.1 Å². The number of hydrogen-bond donors (Lipinski definition) is 0. The topological polar surface area (TPSA) is 52.6 Å². The first kappa shape index (κ1) is 19.2. The van der Waals surface area contributed by atoms with Gasteiger partial charge >= 0.3 is 11.9 Å². The molecular weight excluding hydrogens is 268 g/mol. The van der Waals surface area contributed by atoms with Gasteiger partial charge in [-0.2, -0.15) is 0 Å². The molecule has 0 aromatic carbocycles. The number of ether oxygens (including phenoxy) is 2. The standard InChI is InChI=1S/C17H26O4/c1-8-14(18)20-16(4,5)11-10-13(3)12-17(6,7)21-15(19)9-2/h8-10H,1-2,11-12H2,3-7H3/b13-10+. The van der Waals surface area contributed by atoms with Crippen LogP contribution in [0, 0.1) is 0 Å². The summed E-state index contributed by atoms with van der Waals surface area (Å²) in [6.45, 7) is 16.1. The summed E-state index contributed by atoms with van der Waals surface area (Å²) >= 11 is 0. The van der Waals surface area contributed by atoms with E-state index in [0.29, 0.717) is 12.8 Å². The van der Waals surface area contributed by atoms with Crippen LogP contribution in [0.3, 0.4) is 0 Å². The van der Waals surface area contributed by atoms with Crippen LogP contribution in [-0.4, -0.2) is 23.1 Å². The highest BCUT2D eigenvalue weighted by Crippen LogP contribution is 2.23. The first-order valence-corrected chi connectivity index (χ1v) is 6.88. The molecule has 0 fully saturated rings. The Bertz CT molecular complexity index is 442. The molecule has 0 aliphatic heterocycles. The highest BCUT2D eigenvalue weighted by atomic mass is 16.6. The van der Waals surface area contributed by atoms with Crippen molar-refractivity contribution in [1.82, 2.24) is 0 Å². The normalized spacial score (nSPS) is 12.5. The van der Waals surface area contributed by atoms with Crippen LogP contribution in [0.1, 0.15) is 47.5 Å². The number of esters is 2. The summed E-state index contributed by atoms with van der Waals surface area (Å²) in [6.07, 6.45) is 5.45. The molecule has 4 heteroatoms. The van der Waals surface area contributed by atoms with E-state index in [0.717, 1.165) is 17.7 Å². The largest absolute Gasteiger partial charge is 0.456 e. The Hall–Kier alpha value is -1.84. The van der Waals surface area contributed by atoms with Gasteiger partial charge in [0.15, 0.2) is 0 Å². The van der Waals surface area contributed by atoms with Gasteiger partial charge in [-0.3, -0.25) is 0 Å². The fourth-order valence-corrected chi connectivity index (χ4v) is 1.87. The minimum atomic E-state index is -0.603. The smallest absolute Gasteiger partial charge is 0.330 e. The lowest BCUT2D eigenvalue weighted by Crippen LogP contribution is -2.28. The lowest BCUT2D eigenvalue weighted by atomic mass is 9.96. The molecule has 118 valence electrons. The third kappa shape index (κ3) is 8.84. The van der Waals surface area contributed by atoms with Gasteiger partial charge < -0.3 is 9.47 Å². The number of hydrogen-bond acceptors (Lipinski definition) is 4. The molecule has 0 unspecified atom stereocenters. The Morgan fingerprint density at radius 3 is 1.81 bits per heavy atom. The summed E-state index contributed by atoms with van der Waals surface area (Å²) in [7, 11) is 0. The summed E-state index contributed by atoms with van der Waals surface area (Å²) in [5.74, 6) is -0.876. The van der Waals surface area contributed by atoms with E-state index < -0.39 is 23.1 Å². The van der Waals surface area contributed by atoms with Crippen LogP contribution in [0.4, 0.5) is 0 Å². The fraction of sp³-hybridized carbons (Fsp3) is 0.529. The molecule has 0 spiro atoms. The van der Waals surface area contributed by atoms with E-state index in [1.807, 2.05) is 40.7 Å². The molecule has 0 amide bonds. The molecule has 0 aliphatic carbocycles. The zero-order chi connectivity index (χ0) is 16.7. The van der Waals surface area contributed by atoms with Crippen molar-refractivity contribution >= 4 is 11.9 Å². The molecule has 0 aromatic heterocycles. The summed E-state index contributed by atoms with van der Waals surface area (Å²) in [5.41, 5.74) is -0.151. The minimum Gasteiger partial charge on any atom is -0.456 e. The first-order chi connectivity index (χ1) is 9.51. The van der Waals surface area contributed by atoms with Crippen molar-refractivity contribution in [3.63, 3.8) is 0 Å². The molecule has 0 aromatic rings. The fourth-order valence-electron chi connectivity index (χ4n) is 1.87. The van der Waals surface area contributed by atoms with E-state index in [-0.39, 0.29) is 0 Å². The maximum Gasteiger partial charge on any atom is 0.330 e. The molecule has 0 aliphatic rings. The summed E-state index contributed by atoms with van der Waals surface area (Å²) in [4.78, 5) is 22.5. The molecule has 0 atom stereocenters. The first-order valence-electron chi connectivity index (χ1n) is 6.88. The van der Waals surface area contributed by atoms with Crippen LogP contribution < -0.4 is 0 Å². The van der Waals surface area contributed by atoms with Crippen LogP contribution >= 0.6 is 0 Å². The van der Waals surface area contributed by atoms with Gasteiger partial charge in [-0.1, -0.05) is 24.8 Å². The number of rotatable bonds is 8. The molecule has 0 radical (unpaired) electrons. The van der Waals surface area contributed by atoms with Gasteiger partial charge in [-0.05, 0) is 34.6 Å². The monoisotopic (exact) mass is 294 g/mol. The maximum atomic E-state index is 11.3. The van der Waals surface area contributed by atoms with E-state index in [9.17, 15) is 9.59 Å². The van der Waals surface area contributed by atoms with Crippen LogP contribution in [-0.2, 0) is 19.1 Å². The van der Waals surface area contributed by atoms with Crippen LogP contribution in [0.15, 0.2) is 37.0 Å². The highest BCUT2D eigenvalue weighted by molar-refractivity contribution is 5.81. The Kier molecular flexibility index (Phi) is 7.13. The van der Waals surface area contributed by atoms with Crippen LogP contribution in [0.2, 0.25) is 0 Å². The molecule has 0 N–H and O–H groups in total. The molecule has 4 nitrogen and oxygen atoms in total. The third-order valence-electron chi connectivity index (χ3n) is 2.73. The zero-order valence-electron chi connectivity index (χ0n) is 13.7. The SMILES string of the molecule is C=CC(=O)OC(C)(C)C/C=C(\C)CC(C)(C)OC(=O)C=C. The van der Waals surface area contributed by atoms with Gasteiger partial charge in [0.2, 0.25) is 0 Å². The Morgan fingerprint density at radius 1 is 0.952 bits per heavy atom. The van der Waals surface area contributed by atoms with E-state index in [4.69, 9.17) is 9.47 Å². The molecule has 21 heavy (non-hydrogen) atoms. The van der Waals surface area contributed by atoms with Gasteiger partial charge in [0.1, 0.15) is 11.2 Å². The summed E-state index contributed by atoms with van der Waals surface area (Å²) in [6, 6.07) is 0. The highest BCUT2D eigenvalue weighted by Gasteiger charge is 2.24. The molecule has 0 saturated heterocycles. The van der Waals surface area contributed by atoms with Gasteiger partial charge in [0, 0.05) is 25.0 Å². The van der Waals surface area contributed by atoms with Gasteiger partial charge in [-0.25, -0.2) is 9.59 Å². The Balaban J connectivity index is 4.60. The van der Waals surface area contributed by atoms with Crippen LogP contribution in [0.5, 0.6) is 0 Å². The second kappa shape index (κ2) is 7.81. The van der Waals surface area contributed by atoms with E-state index in [2.05, 4.69) is 13.2 Å². The van der Waals surface area contributed by atoms with Crippen molar-refractivity contribution in [1.29, 1.82) is 0 Å². The quantitative estimate of drug-likeness (QED) is 0.389. The van der Waals surface area contributed by atoms with E-state index in [1.54, 1.807) is 0 Å². The van der Waals surface area contributed by atoms with Gasteiger partial charge in [-0.15, -0.1) is 0 Å². The van der Waals surface area contributed by atoms with E-state index in [1.165, 1.54) is 0 Å². The number of carbonyl (C=O) groups excluding carboxylic acids is 2.